The Bertz CT molecular complexity index is 3450. The van der Waals surface area contributed by atoms with Gasteiger partial charge in [0.1, 0.15) is 11.2 Å². The molecule has 200 valence electrons. The lowest BCUT2D eigenvalue weighted by molar-refractivity contribution is 0.670. The zero-order valence-electron chi connectivity index (χ0n) is 40.0. The van der Waals surface area contributed by atoms with E-state index in [4.69, 9.17) is 26.3 Å². The summed E-state index contributed by atoms with van der Waals surface area (Å²) in [6.45, 7) is 0. The van der Waals surface area contributed by atoms with Crippen LogP contribution in [0, 0.1) is 0 Å². The fourth-order valence-electron chi connectivity index (χ4n) is 5.79. The molecule has 0 spiro atoms. The van der Waals surface area contributed by atoms with Crippen molar-refractivity contribution in [3.63, 3.8) is 0 Å². The highest BCUT2D eigenvalue weighted by molar-refractivity contribution is 6.24. The third-order valence-corrected chi connectivity index (χ3v) is 7.61. The van der Waals surface area contributed by atoms with Gasteiger partial charge in [-0.3, -0.25) is 0 Å². The third kappa shape index (κ3) is 3.65. The Morgan fingerprint density at radius 1 is 0.395 bits per heavy atom. The van der Waals surface area contributed by atoms with Gasteiger partial charge in [0.25, 0.3) is 0 Å². The van der Waals surface area contributed by atoms with Crippen molar-refractivity contribution in [1.82, 2.24) is 0 Å². The second-order valence-electron chi connectivity index (χ2n) is 9.88. The van der Waals surface area contributed by atoms with Gasteiger partial charge in [-0.25, -0.2) is 0 Å². The molecule has 0 radical (unpaired) electrons. The van der Waals surface area contributed by atoms with Crippen molar-refractivity contribution < 1.29 is 29.1 Å². The molecule has 1 nitrogen and oxygen atoms in total. The van der Waals surface area contributed by atoms with Gasteiger partial charge >= 0.3 is 0 Å². The van der Waals surface area contributed by atoms with Crippen LogP contribution in [0.15, 0.2) is 162 Å². The highest BCUT2D eigenvalue weighted by Crippen LogP contribution is 2.46. The van der Waals surface area contributed by atoms with Gasteiger partial charge in [0, 0.05) is 21.9 Å². The van der Waals surface area contributed by atoms with E-state index in [1.165, 1.54) is 48.5 Å². The summed E-state index contributed by atoms with van der Waals surface area (Å²) < 4.78 is 163. The number of rotatable bonds is 3. The number of hydrogen-bond acceptors (Lipinski definition) is 1. The predicted octanol–water partition coefficient (Wildman–Crippen LogP) is 12.0. The van der Waals surface area contributed by atoms with Gasteiger partial charge in [0.05, 0.1) is 24.7 Å². The predicted molar refractivity (Wildman–Crippen MR) is 183 cm³/mol. The second kappa shape index (κ2) is 9.44. The molecule has 0 aliphatic heterocycles. The maximum atomic E-state index is 9.73. The van der Waals surface area contributed by atoms with Crippen molar-refractivity contribution in [2.45, 2.75) is 0 Å². The average molecular weight is 565 g/mol. The monoisotopic (exact) mass is 564 g/mol. The summed E-state index contributed by atoms with van der Waals surface area (Å²) in [5.41, 5.74) is -0.483. The molecule has 0 unspecified atom stereocenters. The van der Waals surface area contributed by atoms with Crippen LogP contribution in [0.1, 0.15) is 24.7 Å². The Balaban J connectivity index is 1.49. The van der Waals surface area contributed by atoms with Crippen LogP contribution in [0.25, 0.3) is 87.6 Å². The summed E-state index contributed by atoms with van der Waals surface area (Å²) in [7, 11) is 0. The van der Waals surface area contributed by atoms with E-state index in [9.17, 15) is 2.74 Å². The highest BCUT2D eigenvalue weighted by atomic mass is 16.3. The van der Waals surface area contributed by atoms with E-state index in [1.54, 1.807) is 0 Å². The molecule has 9 aromatic rings. The molecule has 0 N–H and O–H groups in total. The first-order chi connectivity index (χ1) is 28.7. The molecule has 0 amide bonds. The van der Waals surface area contributed by atoms with Crippen molar-refractivity contribution in [3.05, 3.63) is 157 Å². The number of para-hydroxylation sites is 2. The lowest BCUT2D eigenvalue weighted by Crippen LogP contribution is -1.91. The summed E-state index contributed by atoms with van der Waals surface area (Å²) in [6.07, 6.45) is 0. The SMILES string of the molecule is [2H]c1cc2c(-c3cc([2H])c([2H])c(-c4cc([2H])c([2H])c5c([2H])c([2H])c([2H])cc45)c3[2H])c3cc([2H])c([2H])cc3c(-c3c([2H])c([2H])cc4c3oc3c([2H])c([2H])c([2H])c([2H])c34)c2cc1[2H]. The average Bonchev–Trinajstić information content (AvgIpc) is 3.59. The van der Waals surface area contributed by atoms with Gasteiger partial charge in [-0.05, 0) is 66.7 Å². The van der Waals surface area contributed by atoms with E-state index < -0.39 is 72.5 Å². The zero-order valence-corrected chi connectivity index (χ0v) is 22.0. The Morgan fingerprint density at radius 2 is 1.00 bits per heavy atom. The van der Waals surface area contributed by atoms with Crippen molar-refractivity contribution in [1.29, 1.82) is 0 Å². The summed E-state index contributed by atoms with van der Waals surface area (Å²) in [6, 6.07) is 2.72. The summed E-state index contributed by atoms with van der Waals surface area (Å²) in [5.74, 6) is 0. The van der Waals surface area contributed by atoms with E-state index in [2.05, 4.69) is 0 Å². The fourth-order valence-corrected chi connectivity index (χ4v) is 5.79. The standard InChI is InChI=1S/C42H26O/c1-2-16-30-27(12-1)13-10-22-31(30)28-14-9-15-29(26-28)40-33-18-3-5-20-35(33)41(36-21-6-4-19-34(36)40)38-24-11-23-37-32-17-7-8-25-39(32)43-42(37)38/h1-26H/i1D,2D,3D,4D,5D,6D,7D,8D,9D,10D,11D,12D,13D,14D,17D,24D,25D,26D. The molecule has 1 heterocycles. The summed E-state index contributed by atoms with van der Waals surface area (Å²) >= 11 is 0. The molecule has 1 heteroatoms. The Labute approximate surface area is 274 Å². The van der Waals surface area contributed by atoms with E-state index in [-0.39, 0.29) is 124 Å². The molecule has 1 aromatic heterocycles. The highest BCUT2D eigenvalue weighted by Gasteiger charge is 2.20. The molecule has 0 saturated carbocycles. The fraction of sp³-hybridized carbons (Fsp3) is 0. The maximum Gasteiger partial charge on any atom is 0.143 e. The number of fused-ring (bicyclic) bond motifs is 6. The number of benzene rings is 8. The number of furan rings is 1. The Morgan fingerprint density at radius 3 is 1.81 bits per heavy atom. The minimum atomic E-state index is -0.568. The molecule has 0 saturated heterocycles. The number of hydrogen-bond donors (Lipinski definition) is 0. The molecular weight excluding hydrogens is 520 g/mol. The summed E-state index contributed by atoms with van der Waals surface area (Å²) in [5, 5.41) is 0.499. The minimum Gasteiger partial charge on any atom is -0.455 e. The largest absolute Gasteiger partial charge is 0.455 e. The van der Waals surface area contributed by atoms with Crippen LogP contribution in [-0.2, 0) is 0 Å². The molecule has 0 aliphatic carbocycles. The molecule has 9 rings (SSSR count). The van der Waals surface area contributed by atoms with E-state index in [0.717, 1.165) is 0 Å². The minimum absolute atomic E-state index is 0.0228. The van der Waals surface area contributed by atoms with Crippen LogP contribution >= 0.6 is 0 Å². The van der Waals surface area contributed by atoms with Crippen LogP contribution in [0.4, 0.5) is 0 Å². The smallest absolute Gasteiger partial charge is 0.143 e. The third-order valence-electron chi connectivity index (χ3n) is 7.61. The van der Waals surface area contributed by atoms with Gasteiger partial charge < -0.3 is 4.42 Å². The van der Waals surface area contributed by atoms with Crippen molar-refractivity contribution in [3.8, 4) is 33.4 Å². The molecule has 8 aromatic carbocycles. The maximum absolute atomic E-state index is 9.73. The Hall–Kier alpha value is -5.66. The lowest BCUT2D eigenvalue weighted by atomic mass is 9.85. The van der Waals surface area contributed by atoms with Crippen LogP contribution in [0.5, 0.6) is 0 Å². The van der Waals surface area contributed by atoms with Crippen molar-refractivity contribution in [2.24, 2.45) is 0 Å². The first-order valence-electron chi connectivity index (χ1n) is 22.3. The molecule has 0 fully saturated rings. The van der Waals surface area contributed by atoms with Crippen molar-refractivity contribution in [2.75, 3.05) is 0 Å². The van der Waals surface area contributed by atoms with Crippen molar-refractivity contribution >= 4 is 54.3 Å². The first-order valence-corrected chi connectivity index (χ1v) is 13.3. The normalized spacial score (nSPS) is 17.6. The molecule has 0 atom stereocenters. The van der Waals surface area contributed by atoms with Crippen LogP contribution in [-0.4, -0.2) is 0 Å². The second-order valence-corrected chi connectivity index (χ2v) is 9.88. The van der Waals surface area contributed by atoms with E-state index in [0.29, 0.717) is 0 Å². The van der Waals surface area contributed by atoms with E-state index in [1.807, 2.05) is 0 Å². The lowest BCUT2D eigenvalue weighted by Gasteiger charge is -2.18. The topological polar surface area (TPSA) is 13.1 Å². The van der Waals surface area contributed by atoms with Gasteiger partial charge in [0.2, 0.25) is 0 Å². The Kier molecular flexibility index (Phi) is 2.70. The van der Waals surface area contributed by atoms with Gasteiger partial charge in [-0.2, -0.15) is 0 Å². The zero-order chi connectivity index (χ0) is 44.0. The van der Waals surface area contributed by atoms with Crippen LogP contribution < -0.4 is 0 Å². The van der Waals surface area contributed by atoms with Crippen LogP contribution in [0.2, 0.25) is 0 Å². The molecule has 0 aliphatic rings. The molecule has 0 bridgehead atoms. The first kappa shape index (κ1) is 12.3. The molecular formula is C42H26O. The van der Waals surface area contributed by atoms with Gasteiger partial charge in [-0.15, -0.1) is 0 Å². The van der Waals surface area contributed by atoms with Crippen LogP contribution in [0.3, 0.4) is 0 Å². The van der Waals surface area contributed by atoms with Gasteiger partial charge in [0.15, 0.2) is 0 Å². The molecule has 43 heavy (non-hydrogen) atoms. The quantitative estimate of drug-likeness (QED) is 0.195. The summed E-state index contributed by atoms with van der Waals surface area (Å²) in [4.78, 5) is 0. The van der Waals surface area contributed by atoms with Gasteiger partial charge in [-0.1, -0.05) is 145 Å². The van der Waals surface area contributed by atoms with E-state index >= 15 is 0 Å².